The quantitative estimate of drug-likeness (QED) is 0.884. The minimum atomic E-state index is -3.11. The minimum absolute atomic E-state index is 0.265. The molecule has 1 aromatic rings. The average molecular weight is 352 g/mol. The zero-order valence-corrected chi connectivity index (χ0v) is 15.6. The van der Waals surface area contributed by atoms with Crippen molar-refractivity contribution in [2.45, 2.75) is 32.2 Å². The highest BCUT2D eigenvalue weighted by Gasteiger charge is 2.29. The van der Waals surface area contributed by atoms with Crippen LogP contribution in [0.5, 0.6) is 0 Å². The molecular weight excluding hydrogens is 322 g/mol. The van der Waals surface area contributed by atoms with E-state index < -0.39 is 10.0 Å². The molecule has 0 aromatic heterocycles. The SMILES string of the molecule is CC(c1cccc(N2CCCS2(=O)=O)c1)N(C)CC1CCCNC1. The van der Waals surface area contributed by atoms with Crippen molar-refractivity contribution in [3.63, 3.8) is 0 Å². The highest BCUT2D eigenvalue weighted by Crippen LogP contribution is 2.29. The molecule has 2 atom stereocenters. The van der Waals surface area contributed by atoms with Gasteiger partial charge in [0, 0.05) is 19.1 Å². The van der Waals surface area contributed by atoms with Crippen LogP contribution in [0.15, 0.2) is 24.3 Å². The lowest BCUT2D eigenvalue weighted by molar-refractivity contribution is 0.199. The van der Waals surface area contributed by atoms with E-state index in [-0.39, 0.29) is 11.8 Å². The predicted molar refractivity (Wildman–Crippen MR) is 98.8 cm³/mol. The maximum absolute atomic E-state index is 12.1. The van der Waals surface area contributed by atoms with Gasteiger partial charge in [0.1, 0.15) is 0 Å². The van der Waals surface area contributed by atoms with Crippen LogP contribution in [0.1, 0.15) is 37.8 Å². The maximum atomic E-state index is 12.1. The van der Waals surface area contributed by atoms with E-state index in [4.69, 9.17) is 0 Å². The predicted octanol–water partition coefficient (Wildman–Crippen LogP) is 2.22. The third kappa shape index (κ3) is 3.92. The van der Waals surface area contributed by atoms with Crippen molar-refractivity contribution in [2.24, 2.45) is 5.92 Å². The molecule has 5 nitrogen and oxygen atoms in total. The molecule has 2 aliphatic rings. The van der Waals surface area contributed by atoms with Crippen molar-refractivity contribution >= 4 is 15.7 Å². The third-order valence-electron chi connectivity index (χ3n) is 5.35. The number of sulfonamides is 1. The molecule has 0 saturated carbocycles. The van der Waals surface area contributed by atoms with Gasteiger partial charge in [-0.25, -0.2) is 8.42 Å². The Morgan fingerprint density at radius 3 is 2.88 bits per heavy atom. The fourth-order valence-corrected chi connectivity index (χ4v) is 5.33. The van der Waals surface area contributed by atoms with Crippen molar-refractivity contribution in [2.75, 3.05) is 43.3 Å². The van der Waals surface area contributed by atoms with Crippen LogP contribution in [0.2, 0.25) is 0 Å². The van der Waals surface area contributed by atoms with Crippen molar-refractivity contribution in [1.82, 2.24) is 10.2 Å². The summed E-state index contributed by atoms with van der Waals surface area (Å²) in [5, 5.41) is 3.47. The maximum Gasteiger partial charge on any atom is 0.235 e. The van der Waals surface area contributed by atoms with Crippen LogP contribution in [0.4, 0.5) is 5.69 Å². The summed E-state index contributed by atoms with van der Waals surface area (Å²) >= 11 is 0. The smallest absolute Gasteiger partial charge is 0.235 e. The molecule has 0 radical (unpaired) electrons. The number of nitrogens with one attached hydrogen (secondary N) is 1. The van der Waals surface area contributed by atoms with Crippen molar-refractivity contribution in [1.29, 1.82) is 0 Å². The topological polar surface area (TPSA) is 52.7 Å². The molecule has 2 fully saturated rings. The van der Waals surface area contributed by atoms with E-state index in [1.807, 2.05) is 18.2 Å². The average Bonchev–Trinajstić information content (AvgIpc) is 2.94. The lowest BCUT2D eigenvalue weighted by Crippen LogP contribution is -2.37. The summed E-state index contributed by atoms with van der Waals surface area (Å²) in [6.45, 7) is 6.11. The first kappa shape index (κ1) is 17.7. The number of rotatable bonds is 5. The Bertz CT molecular complexity index is 656. The summed E-state index contributed by atoms with van der Waals surface area (Å²) in [4.78, 5) is 2.38. The molecule has 24 heavy (non-hydrogen) atoms. The molecular formula is C18H29N3O2S. The highest BCUT2D eigenvalue weighted by molar-refractivity contribution is 7.93. The van der Waals surface area contributed by atoms with Gasteiger partial charge < -0.3 is 5.32 Å². The largest absolute Gasteiger partial charge is 0.316 e. The molecule has 0 spiro atoms. The van der Waals surface area contributed by atoms with Crippen molar-refractivity contribution < 1.29 is 8.42 Å². The Hall–Kier alpha value is -1.11. The fourth-order valence-electron chi connectivity index (χ4n) is 3.77. The minimum Gasteiger partial charge on any atom is -0.316 e. The molecule has 2 aliphatic heterocycles. The number of nitrogens with zero attached hydrogens (tertiary/aromatic N) is 2. The fraction of sp³-hybridized carbons (Fsp3) is 0.667. The zero-order valence-electron chi connectivity index (χ0n) is 14.7. The van der Waals surface area contributed by atoms with Gasteiger partial charge in [-0.2, -0.15) is 0 Å². The summed E-state index contributed by atoms with van der Waals surface area (Å²) in [7, 11) is -0.949. The first-order valence-corrected chi connectivity index (χ1v) is 10.6. The molecule has 134 valence electrons. The molecule has 0 aliphatic carbocycles. The first-order valence-electron chi connectivity index (χ1n) is 8.99. The Labute approximate surface area is 146 Å². The summed E-state index contributed by atoms with van der Waals surface area (Å²) < 4.78 is 25.9. The van der Waals surface area contributed by atoms with Gasteiger partial charge in [0.25, 0.3) is 0 Å². The van der Waals surface area contributed by atoms with Crippen LogP contribution >= 0.6 is 0 Å². The van der Waals surface area contributed by atoms with E-state index in [9.17, 15) is 8.42 Å². The number of piperidine rings is 1. The van der Waals surface area contributed by atoms with Gasteiger partial charge in [-0.1, -0.05) is 12.1 Å². The third-order valence-corrected chi connectivity index (χ3v) is 7.22. The second-order valence-electron chi connectivity index (χ2n) is 7.16. The Balaban J connectivity index is 1.70. The van der Waals surface area contributed by atoms with Gasteiger partial charge in [0.05, 0.1) is 11.4 Å². The van der Waals surface area contributed by atoms with Gasteiger partial charge in [-0.3, -0.25) is 9.21 Å². The van der Waals surface area contributed by atoms with Crippen molar-refractivity contribution in [3.05, 3.63) is 29.8 Å². The zero-order chi connectivity index (χ0) is 17.2. The summed E-state index contributed by atoms with van der Waals surface area (Å²) in [5.41, 5.74) is 1.99. The number of benzene rings is 1. The molecule has 2 heterocycles. The standard InChI is InChI=1S/C18H29N3O2S/c1-15(20(2)14-16-6-4-9-19-13-16)17-7-3-8-18(12-17)21-10-5-11-24(21,22)23/h3,7-8,12,15-16,19H,4-6,9-11,13-14H2,1-2H3. The van der Waals surface area contributed by atoms with E-state index in [1.54, 1.807) is 4.31 Å². The van der Waals surface area contributed by atoms with E-state index in [0.29, 0.717) is 12.5 Å². The Morgan fingerprint density at radius 2 is 2.21 bits per heavy atom. The van der Waals surface area contributed by atoms with Crippen LogP contribution in [-0.2, 0) is 10.0 Å². The van der Waals surface area contributed by atoms with E-state index in [2.05, 4.69) is 30.3 Å². The van der Waals surface area contributed by atoms with Crippen LogP contribution in [0.25, 0.3) is 0 Å². The van der Waals surface area contributed by atoms with Crippen LogP contribution in [-0.4, -0.2) is 52.3 Å². The molecule has 6 heteroatoms. The Morgan fingerprint density at radius 1 is 1.38 bits per heavy atom. The molecule has 2 unspecified atom stereocenters. The summed E-state index contributed by atoms with van der Waals surface area (Å²) in [6, 6.07) is 8.31. The number of hydrogen-bond acceptors (Lipinski definition) is 4. The van der Waals surface area contributed by atoms with Crippen LogP contribution in [0, 0.1) is 5.92 Å². The molecule has 3 rings (SSSR count). The van der Waals surface area contributed by atoms with E-state index in [1.165, 1.54) is 18.4 Å². The van der Waals surface area contributed by atoms with E-state index >= 15 is 0 Å². The normalized spacial score (nSPS) is 25.1. The summed E-state index contributed by atoms with van der Waals surface area (Å²) in [6.07, 6.45) is 3.27. The lowest BCUT2D eigenvalue weighted by Gasteiger charge is -2.32. The van der Waals surface area contributed by atoms with E-state index in [0.717, 1.165) is 31.7 Å². The molecule has 0 bridgehead atoms. The highest BCUT2D eigenvalue weighted by atomic mass is 32.2. The van der Waals surface area contributed by atoms with Gasteiger partial charge in [0.2, 0.25) is 10.0 Å². The molecule has 1 aromatic carbocycles. The van der Waals surface area contributed by atoms with Gasteiger partial charge >= 0.3 is 0 Å². The second-order valence-corrected chi connectivity index (χ2v) is 9.18. The summed E-state index contributed by atoms with van der Waals surface area (Å²) in [5.74, 6) is 0.967. The van der Waals surface area contributed by atoms with Gasteiger partial charge in [-0.15, -0.1) is 0 Å². The first-order chi connectivity index (χ1) is 11.5. The molecule has 2 saturated heterocycles. The lowest BCUT2D eigenvalue weighted by atomic mass is 9.97. The Kier molecular flexibility index (Phi) is 5.47. The van der Waals surface area contributed by atoms with Gasteiger partial charge in [-0.05, 0) is 69.9 Å². The van der Waals surface area contributed by atoms with Crippen molar-refractivity contribution in [3.8, 4) is 0 Å². The van der Waals surface area contributed by atoms with Crippen LogP contribution in [0.3, 0.4) is 0 Å². The second kappa shape index (κ2) is 7.42. The van der Waals surface area contributed by atoms with Crippen LogP contribution < -0.4 is 9.62 Å². The number of hydrogen-bond donors (Lipinski definition) is 1. The molecule has 0 amide bonds. The van der Waals surface area contributed by atoms with Gasteiger partial charge in [0.15, 0.2) is 0 Å². The molecule has 1 N–H and O–H groups in total. The monoisotopic (exact) mass is 351 g/mol. The number of anilines is 1.